The average Bonchev–Trinajstić information content (AvgIpc) is 2.58. The Morgan fingerprint density at radius 1 is 1.15 bits per heavy atom. The van der Waals surface area contributed by atoms with Gasteiger partial charge in [0.05, 0.1) is 23.0 Å². The molecule has 2 aromatic rings. The Morgan fingerprint density at radius 3 is 2.45 bits per heavy atom. The molecule has 0 spiro atoms. The van der Waals surface area contributed by atoms with E-state index in [1.165, 1.54) is 6.33 Å². The normalized spacial score (nSPS) is 20.5. The van der Waals surface area contributed by atoms with E-state index in [-0.39, 0.29) is 5.56 Å². The standard InChI is InChI=1S/C13H16BN3O3/c1-12(2)13(3,4)20-14(19-12)8-5-9-10(15-6-8)11(18)17-7-16-9/h5-7H,1-4H3,(H,16,17,18). The second-order valence-corrected chi connectivity index (χ2v) is 5.96. The molecule has 1 saturated heterocycles. The van der Waals surface area contributed by atoms with Gasteiger partial charge in [-0.2, -0.15) is 0 Å². The van der Waals surface area contributed by atoms with Gasteiger partial charge in [-0.25, -0.2) is 9.97 Å². The first-order valence-electron chi connectivity index (χ1n) is 6.49. The number of pyridine rings is 1. The number of nitrogens with one attached hydrogen (secondary N) is 1. The fourth-order valence-electron chi connectivity index (χ4n) is 2.08. The van der Waals surface area contributed by atoms with Crippen LogP contribution in [0.2, 0.25) is 0 Å². The average molecular weight is 273 g/mol. The highest BCUT2D eigenvalue weighted by molar-refractivity contribution is 6.62. The van der Waals surface area contributed by atoms with E-state index in [0.717, 1.165) is 5.46 Å². The molecule has 6 nitrogen and oxygen atoms in total. The first kappa shape index (κ1) is 13.3. The fourth-order valence-corrected chi connectivity index (χ4v) is 2.08. The Hall–Kier alpha value is -1.73. The van der Waals surface area contributed by atoms with Gasteiger partial charge in [0.25, 0.3) is 5.56 Å². The van der Waals surface area contributed by atoms with Gasteiger partial charge >= 0.3 is 7.12 Å². The second-order valence-electron chi connectivity index (χ2n) is 5.96. The van der Waals surface area contributed by atoms with E-state index < -0.39 is 18.3 Å². The first-order valence-corrected chi connectivity index (χ1v) is 6.49. The Kier molecular flexibility index (Phi) is 2.74. The van der Waals surface area contributed by atoms with Gasteiger partial charge in [0.1, 0.15) is 0 Å². The van der Waals surface area contributed by atoms with Crippen LogP contribution in [-0.4, -0.2) is 33.3 Å². The highest BCUT2D eigenvalue weighted by Crippen LogP contribution is 2.36. The Balaban J connectivity index is 2.03. The lowest BCUT2D eigenvalue weighted by atomic mass is 9.80. The van der Waals surface area contributed by atoms with Crippen molar-refractivity contribution in [2.24, 2.45) is 0 Å². The van der Waals surface area contributed by atoms with Crippen molar-refractivity contribution in [3.8, 4) is 0 Å². The summed E-state index contributed by atoms with van der Waals surface area (Å²) in [6, 6.07) is 1.78. The van der Waals surface area contributed by atoms with Crippen LogP contribution in [-0.2, 0) is 9.31 Å². The summed E-state index contributed by atoms with van der Waals surface area (Å²) in [4.78, 5) is 22.4. The molecule has 1 N–H and O–H groups in total. The zero-order chi connectivity index (χ0) is 14.5. The monoisotopic (exact) mass is 273 g/mol. The summed E-state index contributed by atoms with van der Waals surface area (Å²) in [6.07, 6.45) is 2.96. The maximum absolute atomic E-state index is 11.6. The van der Waals surface area contributed by atoms with E-state index in [1.54, 1.807) is 12.3 Å². The molecule has 104 valence electrons. The van der Waals surface area contributed by atoms with Crippen LogP contribution in [0.4, 0.5) is 0 Å². The highest BCUT2D eigenvalue weighted by Gasteiger charge is 2.51. The molecule has 0 atom stereocenters. The molecule has 3 rings (SSSR count). The molecule has 0 aliphatic carbocycles. The van der Waals surface area contributed by atoms with E-state index >= 15 is 0 Å². The molecule has 0 bridgehead atoms. The number of aromatic nitrogens is 3. The van der Waals surface area contributed by atoms with Crippen LogP contribution < -0.4 is 11.0 Å². The van der Waals surface area contributed by atoms with Crippen molar-refractivity contribution >= 4 is 23.6 Å². The van der Waals surface area contributed by atoms with Crippen LogP contribution >= 0.6 is 0 Å². The zero-order valence-corrected chi connectivity index (χ0v) is 11.9. The first-order chi connectivity index (χ1) is 9.30. The maximum Gasteiger partial charge on any atom is 0.496 e. The summed E-state index contributed by atoms with van der Waals surface area (Å²) in [5, 5.41) is 0. The Labute approximate surface area is 116 Å². The summed E-state index contributed by atoms with van der Waals surface area (Å²) >= 11 is 0. The lowest BCUT2D eigenvalue weighted by molar-refractivity contribution is 0.00578. The van der Waals surface area contributed by atoms with E-state index in [1.807, 2.05) is 27.7 Å². The SMILES string of the molecule is CC1(C)OB(c2cnc3c(=O)[nH]cnc3c2)OC1(C)C. The summed E-state index contributed by atoms with van der Waals surface area (Å²) in [5.74, 6) is 0. The number of aromatic amines is 1. The maximum atomic E-state index is 11.6. The topological polar surface area (TPSA) is 77.1 Å². The molecule has 0 unspecified atom stereocenters. The van der Waals surface area contributed by atoms with Gasteiger partial charge in [0.15, 0.2) is 5.52 Å². The van der Waals surface area contributed by atoms with Gasteiger partial charge in [-0.1, -0.05) is 0 Å². The van der Waals surface area contributed by atoms with Crippen molar-refractivity contribution < 1.29 is 9.31 Å². The number of nitrogens with zero attached hydrogens (tertiary/aromatic N) is 2. The van der Waals surface area contributed by atoms with Crippen molar-refractivity contribution in [2.75, 3.05) is 0 Å². The largest absolute Gasteiger partial charge is 0.496 e. The van der Waals surface area contributed by atoms with Crippen LogP contribution in [0.15, 0.2) is 23.4 Å². The molecule has 3 heterocycles. The predicted octanol–water partition coefficient (Wildman–Crippen LogP) is 0.617. The number of rotatable bonds is 1. The van der Waals surface area contributed by atoms with E-state index in [2.05, 4.69) is 15.0 Å². The third-order valence-electron chi connectivity index (χ3n) is 4.03. The molecule has 2 aromatic heterocycles. The molecule has 0 saturated carbocycles. The number of H-pyrrole nitrogens is 1. The quantitative estimate of drug-likeness (QED) is 0.770. The molecular formula is C13H16BN3O3. The smallest absolute Gasteiger partial charge is 0.399 e. The Bertz CT molecular complexity index is 710. The van der Waals surface area contributed by atoms with E-state index in [4.69, 9.17) is 9.31 Å². The van der Waals surface area contributed by atoms with Crippen LogP contribution in [0.25, 0.3) is 11.0 Å². The molecule has 7 heteroatoms. The predicted molar refractivity (Wildman–Crippen MR) is 75.9 cm³/mol. The number of fused-ring (bicyclic) bond motifs is 1. The van der Waals surface area contributed by atoms with Gasteiger partial charge in [-0.05, 0) is 33.8 Å². The van der Waals surface area contributed by atoms with Crippen molar-refractivity contribution in [2.45, 2.75) is 38.9 Å². The third-order valence-corrected chi connectivity index (χ3v) is 4.03. The number of hydrogen-bond donors (Lipinski definition) is 1. The van der Waals surface area contributed by atoms with Crippen molar-refractivity contribution in [3.63, 3.8) is 0 Å². The Morgan fingerprint density at radius 2 is 1.80 bits per heavy atom. The van der Waals surface area contributed by atoms with Crippen molar-refractivity contribution in [1.29, 1.82) is 0 Å². The molecule has 1 aliphatic heterocycles. The molecule has 0 radical (unpaired) electrons. The third kappa shape index (κ3) is 1.94. The molecule has 0 amide bonds. The lowest BCUT2D eigenvalue weighted by Crippen LogP contribution is -2.41. The van der Waals surface area contributed by atoms with E-state index in [9.17, 15) is 4.79 Å². The lowest BCUT2D eigenvalue weighted by Gasteiger charge is -2.32. The highest BCUT2D eigenvalue weighted by atomic mass is 16.7. The summed E-state index contributed by atoms with van der Waals surface area (Å²) < 4.78 is 11.9. The van der Waals surface area contributed by atoms with Crippen molar-refractivity contribution in [3.05, 3.63) is 28.9 Å². The summed E-state index contributed by atoms with van der Waals surface area (Å²) in [7, 11) is -0.502. The van der Waals surface area contributed by atoms with Crippen molar-refractivity contribution in [1.82, 2.24) is 15.0 Å². The van der Waals surface area contributed by atoms with Gasteiger partial charge in [0, 0.05) is 11.7 Å². The minimum atomic E-state index is -0.502. The molecule has 20 heavy (non-hydrogen) atoms. The van der Waals surface area contributed by atoms with Gasteiger partial charge in [-0.3, -0.25) is 4.79 Å². The van der Waals surface area contributed by atoms with Gasteiger partial charge in [0.2, 0.25) is 0 Å². The molecule has 1 fully saturated rings. The van der Waals surface area contributed by atoms with Crippen LogP contribution in [0.5, 0.6) is 0 Å². The molecule has 0 aromatic carbocycles. The van der Waals surface area contributed by atoms with E-state index in [0.29, 0.717) is 11.0 Å². The molecular weight excluding hydrogens is 257 g/mol. The summed E-state index contributed by atoms with van der Waals surface area (Å²) in [5.41, 5.74) is 0.529. The van der Waals surface area contributed by atoms with Crippen LogP contribution in [0, 0.1) is 0 Å². The number of hydrogen-bond acceptors (Lipinski definition) is 5. The van der Waals surface area contributed by atoms with Crippen LogP contribution in [0.3, 0.4) is 0 Å². The molecule has 1 aliphatic rings. The van der Waals surface area contributed by atoms with Gasteiger partial charge in [-0.15, -0.1) is 0 Å². The zero-order valence-electron chi connectivity index (χ0n) is 11.9. The minimum absolute atomic E-state index is 0.254. The van der Waals surface area contributed by atoms with Crippen LogP contribution in [0.1, 0.15) is 27.7 Å². The fraction of sp³-hybridized carbons (Fsp3) is 0.462. The second kappa shape index (κ2) is 4.13. The minimum Gasteiger partial charge on any atom is -0.399 e. The van der Waals surface area contributed by atoms with Gasteiger partial charge < -0.3 is 14.3 Å². The summed E-state index contributed by atoms with van der Waals surface area (Å²) in [6.45, 7) is 7.96.